The second-order valence-corrected chi connectivity index (χ2v) is 12.4. The number of nitrogens with one attached hydrogen (secondary N) is 2. The average molecular weight is 626 g/mol. The summed E-state index contributed by atoms with van der Waals surface area (Å²) in [5, 5.41) is 11.7. The van der Waals surface area contributed by atoms with Crippen molar-refractivity contribution in [3.05, 3.63) is 105 Å². The van der Waals surface area contributed by atoms with Gasteiger partial charge in [-0.05, 0) is 86.2 Å². The molecule has 0 saturated carbocycles. The van der Waals surface area contributed by atoms with Crippen molar-refractivity contribution in [1.29, 1.82) is 0 Å². The van der Waals surface area contributed by atoms with Crippen molar-refractivity contribution >= 4 is 5.91 Å². The Bertz CT molecular complexity index is 1690. The van der Waals surface area contributed by atoms with Gasteiger partial charge in [-0.1, -0.05) is 19.9 Å². The van der Waals surface area contributed by atoms with Crippen LogP contribution in [-0.2, 0) is 11.2 Å². The summed E-state index contributed by atoms with van der Waals surface area (Å²) in [5.41, 5.74) is 3.08. The summed E-state index contributed by atoms with van der Waals surface area (Å²) >= 11 is 0. The number of benzene rings is 2. The number of H-pyrrole nitrogens is 1. The van der Waals surface area contributed by atoms with E-state index in [0.717, 1.165) is 68.9 Å². The van der Waals surface area contributed by atoms with E-state index in [9.17, 15) is 9.59 Å². The number of carbonyl (C=O) groups is 1. The highest BCUT2D eigenvalue weighted by Crippen LogP contribution is 2.31. The molecular weight excluding hydrogens is 585 g/mol. The SMILES string of the molecule is CC(C)c1ccc(-c2ccc(Oc3cc(C(=O)NC4CCN(C5CCOCC5)CC4)c(F)cc3Cc3ccc[nH]c3=O)cc2)nn1. The van der Waals surface area contributed by atoms with Crippen LogP contribution in [0.1, 0.15) is 72.6 Å². The number of rotatable bonds is 9. The molecule has 9 nitrogen and oxygen atoms in total. The van der Waals surface area contributed by atoms with E-state index in [1.54, 1.807) is 30.5 Å². The lowest BCUT2D eigenvalue weighted by Crippen LogP contribution is -2.49. The molecule has 4 aromatic rings. The van der Waals surface area contributed by atoms with Gasteiger partial charge in [0.05, 0.1) is 17.0 Å². The zero-order valence-corrected chi connectivity index (χ0v) is 26.3. The second kappa shape index (κ2) is 14.3. The molecule has 46 heavy (non-hydrogen) atoms. The maximum Gasteiger partial charge on any atom is 0.254 e. The third kappa shape index (κ3) is 7.51. The monoisotopic (exact) mass is 625 g/mol. The van der Waals surface area contributed by atoms with Crippen LogP contribution in [0.4, 0.5) is 4.39 Å². The number of amides is 1. The highest BCUT2D eigenvalue weighted by atomic mass is 19.1. The van der Waals surface area contributed by atoms with Crippen LogP contribution < -0.4 is 15.6 Å². The van der Waals surface area contributed by atoms with E-state index < -0.39 is 11.7 Å². The number of aromatic amines is 1. The number of ether oxygens (including phenoxy) is 2. The molecule has 2 fully saturated rings. The summed E-state index contributed by atoms with van der Waals surface area (Å²) in [5.74, 6) is -0.0497. The molecule has 2 aromatic heterocycles. The molecule has 1 amide bonds. The van der Waals surface area contributed by atoms with E-state index in [1.165, 1.54) is 12.1 Å². The van der Waals surface area contributed by atoms with Gasteiger partial charge in [0.15, 0.2) is 0 Å². The standard InChI is InChI=1S/C36H40FN5O4/c1-23(2)32-9-10-33(41-40-32)24-5-7-29(8-6-24)46-34-22-30(31(37)21-26(34)20-25-4-3-15-38-35(25)43)36(44)39-27-11-16-42(17-12-27)28-13-18-45-19-14-28/h3-10,15,21-23,27-28H,11-14,16-20H2,1-2H3,(H,38,43)(H,39,44). The molecule has 10 heteroatoms. The van der Waals surface area contributed by atoms with Crippen molar-refractivity contribution in [3.8, 4) is 22.8 Å². The number of carbonyl (C=O) groups excluding carboxylic acids is 1. The van der Waals surface area contributed by atoms with Crippen molar-refractivity contribution < 1.29 is 18.7 Å². The Labute approximate surface area is 268 Å². The number of hydrogen-bond donors (Lipinski definition) is 2. The van der Waals surface area contributed by atoms with Gasteiger partial charge in [-0.3, -0.25) is 9.59 Å². The summed E-state index contributed by atoms with van der Waals surface area (Å²) < 4.78 is 27.3. The third-order valence-corrected chi connectivity index (χ3v) is 8.90. The summed E-state index contributed by atoms with van der Waals surface area (Å²) in [4.78, 5) is 31.0. The van der Waals surface area contributed by atoms with Crippen LogP contribution in [0.15, 0.2) is 71.7 Å². The van der Waals surface area contributed by atoms with Gasteiger partial charge in [0, 0.05) is 67.7 Å². The Balaban J connectivity index is 1.20. The van der Waals surface area contributed by atoms with E-state index in [4.69, 9.17) is 9.47 Å². The van der Waals surface area contributed by atoms with Gasteiger partial charge in [-0.2, -0.15) is 10.2 Å². The van der Waals surface area contributed by atoms with Crippen molar-refractivity contribution in [2.45, 2.75) is 64.0 Å². The minimum Gasteiger partial charge on any atom is -0.457 e. The molecule has 4 heterocycles. The summed E-state index contributed by atoms with van der Waals surface area (Å²) in [6, 6.07) is 17.9. The smallest absolute Gasteiger partial charge is 0.254 e. The Morgan fingerprint density at radius 1 is 1.02 bits per heavy atom. The lowest BCUT2D eigenvalue weighted by atomic mass is 9.99. The molecule has 2 saturated heterocycles. The molecule has 0 unspecified atom stereocenters. The average Bonchev–Trinajstić information content (AvgIpc) is 3.08. The maximum absolute atomic E-state index is 15.6. The van der Waals surface area contributed by atoms with Crippen molar-refractivity contribution in [2.75, 3.05) is 26.3 Å². The zero-order valence-electron chi connectivity index (χ0n) is 26.3. The third-order valence-electron chi connectivity index (χ3n) is 8.90. The highest BCUT2D eigenvalue weighted by Gasteiger charge is 2.28. The first kappa shape index (κ1) is 31.6. The molecule has 2 aromatic carbocycles. The molecular formula is C36H40FN5O4. The lowest BCUT2D eigenvalue weighted by molar-refractivity contribution is 0.0238. The Hall–Kier alpha value is -4.41. The van der Waals surface area contributed by atoms with E-state index in [2.05, 4.69) is 39.2 Å². The van der Waals surface area contributed by atoms with Crippen molar-refractivity contribution in [3.63, 3.8) is 0 Å². The quantitative estimate of drug-likeness (QED) is 0.240. The summed E-state index contributed by atoms with van der Waals surface area (Å²) in [7, 11) is 0. The topological polar surface area (TPSA) is 109 Å². The van der Waals surface area contributed by atoms with E-state index in [-0.39, 0.29) is 29.5 Å². The lowest BCUT2D eigenvalue weighted by Gasteiger charge is -2.39. The number of likely N-dealkylation sites (tertiary alicyclic amines) is 1. The molecule has 0 spiro atoms. The van der Waals surface area contributed by atoms with Gasteiger partial charge in [0.1, 0.15) is 17.3 Å². The predicted octanol–water partition coefficient (Wildman–Crippen LogP) is 5.85. The number of nitrogens with zero attached hydrogens (tertiary/aromatic N) is 3. The van der Waals surface area contributed by atoms with Gasteiger partial charge < -0.3 is 24.7 Å². The van der Waals surface area contributed by atoms with E-state index >= 15 is 4.39 Å². The Morgan fingerprint density at radius 3 is 2.46 bits per heavy atom. The molecule has 0 bridgehead atoms. The van der Waals surface area contributed by atoms with Crippen molar-refractivity contribution in [1.82, 2.24) is 25.4 Å². The van der Waals surface area contributed by atoms with Gasteiger partial charge >= 0.3 is 0 Å². The maximum atomic E-state index is 15.6. The number of halogens is 1. The van der Waals surface area contributed by atoms with Crippen LogP contribution in [0, 0.1) is 5.82 Å². The molecule has 240 valence electrons. The van der Waals surface area contributed by atoms with Gasteiger partial charge in [-0.15, -0.1) is 0 Å². The molecule has 6 rings (SSSR count). The minimum absolute atomic E-state index is 0.0415. The van der Waals surface area contributed by atoms with Gasteiger partial charge in [0.2, 0.25) is 0 Å². The van der Waals surface area contributed by atoms with Crippen LogP contribution in [0.3, 0.4) is 0 Å². The normalized spacial score (nSPS) is 16.4. The first-order chi connectivity index (χ1) is 22.3. The Kier molecular flexibility index (Phi) is 9.85. The van der Waals surface area contributed by atoms with Crippen LogP contribution in [0.2, 0.25) is 0 Å². The fraction of sp³-hybridized carbons (Fsp3) is 0.389. The first-order valence-electron chi connectivity index (χ1n) is 16.1. The number of hydrogen-bond acceptors (Lipinski definition) is 7. The number of aromatic nitrogens is 3. The zero-order chi connectivity index (χ0) is 32.0. The molecule has 0 atom stereocenters. The first-order valence-corrected chi connectivity index (χ1v) is 16.1. The van der Waals surface area contributed by atoms with Gasteiger partial charge in [-0.25, -0.2) is 4.39 Å². The second-order valence-electron chi connectivity index (χ2n) is 12.4. The molecule has 0 aliphatic carbocycles. The fourth-order valence-electron chi connectivity index (χ4n) is 6.15. The molecule has 0 radical (unpaired) electrons. The largest absolute Gasteiger partial charge is 0.457 e. The molecule has 2 N–H and O–H groups in total. The Morgan fingerprint density at radius 2 is 1.78 bits per heavy atom. The van der Waals surface area contributed by atoms with Crippen LogP contribution in [-0.4, -0.2) is 64.4 Å². The fourth-order valence-corrected chi connectivity index (χ4v) is 6.15. The summed E-state index contributed by atoms with van der Waals surface area (Å²) in [6.07, 6.45) is 5.36. The molecule has 2 aliphatic heterocycles. The highest BCUT2D eigenvalue weighted by molar-refractivity contribution is 5.95. The van der Waals surface area contributed by atoms with Gasteiger partial charge in [0.25, 0.3) is 11.5 Å². The number of pyridine rings is 1. The number of piperidine rings is 1. The van der Waals surface area contributed by atoms with E-state index in [0.29, 0.717) is 28.7 Å². The van der Waals surface area contributed by atoms with Crippen LogP contribution in [0.5, 0.6) is 11.5 Å². The van der Waals surface area contributed by atoms with E-state index in [1.807, 2.05) is 24.3 Å². The summed E-state index contributed by atoms with van der Waals surface area (Å²) in [6.45, 7) is 7.51. The minimum atomic E-state index is -0.661. The van der Waals surface area contributed by atoms with Crippen molar-refractivity contribution in [2.24, 2.45) is 0 Å². The van der Waals surface area contributed by atoms with Crippen LogP contribution >= 0.6 is 0 Å². The van der Waals surface area contributed by atoms with Crippen LogP contribution in [0.25, 0.3) is 11.3 Å². The predicted molar refractivity (Wildman–Crippen MR) is 174 cm³/mol. The molecule has 2 aliphatic rings.